The predicted molar refractivity (Wildman–Crippen MR) is 128 cm³/mol. The molecule has 5 rings (SSSR count). The van der Waals surface area contributed by atoms with E-state index in [-0.39, 0.29) is 5.82 Å². The van der Waals surface area contributed by atoms with Crippen molar-refractivity contribution in [1.82, 2.24) is 15.2 Å². The smallest absolute Gasteiger partial charge is 0.341 e. The van der Waals surface area contributed by atoms with E-state index < -0.39 is 18.8 Å². The number of carbonyl (C=O) groups is 1. The van der Waals surface area contributed by atoms with Crippen LogP contribution in [-0.2, 0) is 10.5 Å². The molecule has 0 aliphatic carbocycles. The van der Waals surface area contributed by atoms with Crippen LogP contribution < -0.4 is 14.8 Å². The maximum Gasteiger partial charge on any atom is 0.341 e. The highest BCUT2D eigenvalue weighted by Crippen LogP contribution is 2.39. The summed E-state index contributed by atoms with van der Waals surface area (Å²) in [6.45, 7) is -0.422. The fraction of sp³-hybridized carbons (Fsp3) is 0.120. The van der Waals surface area contributed by atoms with Crippen molar-refractivity contribution in [2.45, 2.75) is 17.1 Å². The van der Waals surface area contributed by atoms with Gasteiger partial charge in [0.1, 0.15) is 11.6 Å². The van der Waals surface area contributed by atoms with Crippen LogP contribution in [0.5, 0.6) is 11.6 Å². The first-order chi connectivity index (χ1) is 17.1. The maximum atomic E-state index is 14.0. The van der Waals surface area contributed by atoms with Crippen LogP contribution in [0, 0.1) is 5.82 Å². The molecule has 0 fully saturated rings. The minimum atomic E-state index is -1.05. The lowest BCUT2D eigenvalue weighted by Crippen LogP contribution is -2.17. The number of para-hydroxylation sites is 1. The number of nitrogens with zero attached hydrogens (tertiary/aromatic N) is 3. The van der Waals surface area contributed by atoms with E-state index in [9.17, 15) is 9.18 Å². The number of nitrogens with one attached hydrogen (secondary N) is 1. The molecule has 8 nitrogen and oxygen atoms in total. The number of benzene rings is 3. The molecule has 2 heterocycles. The average Bonchev–Trinajstić information content (AvgIpc) is 3.04. The molecule has 1 aromatic heterocycles. The molecule has 1 aliphatic rings. The van der Waals surface area contributed by atoms with E-state index in [2.05, 4.69) is 20.5 Å². The SMILES string of the molecule is O=C(O)COc1ccc(C2Nc3ccccc3-c3nnc(SCc4ccccc4F)nc3O2)cc1. The lowest BCUT2D eigenvalue weighted by atomic mass is 10.1. The van der Waals surface area contributed by atoms with E-state index in [1.807, 2.05) is 24.3 Å². The molecule has 3 aromatic carbocycles. The lowest BCUT2D eigenvalue weighted by Gasteiger charge is -2.19. The van der Waals surface area contributed by atoms with Gasteiger partial charge < -0.3 is 19.9 Å². The Balaban J connectivity index is 1.42. The first-order valence-corrected chi connectivity index (χ1v) is 11.6. The Kier molecular flexibility index (Phi) is 6.44. The van der Waals surface area contributed by atoms with Crippen molar-refractivity contribution < 1.29 is 23.8 Å². The number of halogens is 1. The van der Waals surface area contributed by atoms with E-state index in [4.69, 9.17) is 14.6 Å². The molecule has 0 spiro atoms. The van der Waals surface area contributed by atoms with Crippen LogP contribution in [-0.4, -0.2) is 32.9 Å². The number of fused-ring (bicyclic) bond motifs is 3. The molecule has 176 valence electrons. The summed E-state index contributed by atoms with van der Waals surface area (Å²) in [5, 5.41) is 21.1. The normalized spacial score (nSPS) is 14.0. The minimum absolute atomic E-state index is 0.284. The number of carboxylic acid groups (broad SMARTS) is 1. The molecule has 1 unspecified atom stereocenters. The Morgan fingerprint density at radius 1 is 1.06 bits per heavy atom. The van der Waals surface area contributed by atoms with Gasteiger partial charge in [-0.15, -0.1) is 10.2 Å². The first-order valence-electron chi connectivity index (χ1n) is 10.6. The molecule has 2 N–H and O–H groups in total. The van der Waals surface area contributed by atoms with E-state index in [0.29, 0.717) is 33.8 Å². The lowest BCUT2D eigenvalue weighted by molar-refractivity contribution is -0.139. The van der Waals surface area contributed by atoms with Crippen molar-refractivity contribution in [2.75, 3.05) is 11.9 Å². The molecule has 4 aromatic rings. The second-order valence-electron chi connectivity index (χ2n) is 7.57. The summed E-state index contributed by atoms with van der Waals surface area (Å²) in [5.74, 6) is -0.255. The van der Waals surface area contributed by atoms with Crippen LogP contribution >= 0.6 is 11.8 Å². The fourth-order valence-corrected chi connectivity index (χ4v) is 4.27. The number of carboxylic acids is 1. The van der Waals surface area contributed by atoms with Crippen molar-refractivity contribution in [3.8, 4) is 22.9 Å². The van der Waals surface area contributed by atoms with E-state index >= 15 is 0 Å². The summed E-state index contributed by atoms with van der Waals surface area (Å²) in [4.78, 5) is 15.3. The molecule has 0 radical (unpaired) electrons. The van der Waals surface area contributed by atoms with Gasteiger partial charge in [0.25, 0.3) is 0 Å². The van der Waals surface area contributed by atoms with Crippen LogP contribution in [0.15, 0.2) is 78.0 Å². The van der Waals surface area contributed by atoms with Gasteiger partial charge in [-0.05, 0) is 42.0 Å². The molecular formula is C25H19FN4O4S. The third-order valence-corrected chi connectivity index (χ3v) is 6.08. The topological polar surface area (TPSA) is 106 Å². The van der Waals surface area contributed by atoms with Gasteiger partial charge >= 0.3 is 5.97 Å². The fourth-order valence-electron chi connectivity index (χ4n) is 3.50. The highest BCUT2D eigenvalue weighted by atomic mass is 32.2. The van der Waals surface area contributed by atoms with Crippen LogP contribution in [0.2, 0.25) is 0 Å². The van der Waals surface area contributed by atoms with Gasteiger partial charge in [-0.25, -0.2) is 9.18 Å². The predicted octanol–water partition coefficient (Wildman–Crippen LogP) is 4.94. The maximum absolute atomic E-state index is 14.0. The van der Waals surface area contributed by atoms with Crippen LogP contribution in [0.4, 0.5) is 10.1 Å². The summed E-state index contributed by atoms with van der Waals surface area (Å²) in [6.07, 6.45) is -0.605. The Bertz CT molecular complexity index is 1370. The second kappa shape index (κ2) is 9.98. The Labute approximate surface area is 204 Å². The summed E-state index contributed by atoms with van der Waals surface area (Å²) in [6, 6.07) is 21.1. The van der Waals surface area contributed by atoms with Gasteiger partial charge in [0.2, 0.25) is 11.0 Å². The first kappa shape index (κ1) is 22.6. The minimum Gasteiger partial charge on any atom is -0.482 e. The van der Waals surface area contributed by atoms with Crippen LogP contribution in [0.3, 0.4) is 0 Å². The molecule has 0 amide bonds. The van der Waals surface area contributed by atoms with Crippen molar-refractivity contribution in [2.24, 2.45) is 0 Å². The number of hydrogen-bond donors (Lipinski definition) is 2. The number of hydrogen-bond acceptors (Lipinski definition) is 8. The Morgan fingerprint density at radius 2 is 1.83 bits per heavy atom. The Hall–Kier alpha value is -4.18. The third kappa shape index (κ3) is 5.17. The molecule has 0 saturated heterocycles. The van der Waals surface area contributed by atoms with Crippen LogP contribution in [0.25, 0.3) is 11.3 Å². The standard InChI is InChI=1S/C25H19FN4O4S/c26-19-7-3-1-5-16(19)14-35-25-28-24-22(29-30-25)18-6-2-4-8-20(18)27-23(34-24)15-9-11-17(12-10-15)33-13-21(31)32/h1-12,23,27H,13-14H2,(H,31,32). The number of aromatic nitrogens is 3. The van der Waals surface area contributed by atoms with Crippen molar-refractivity contribution in [3.63, 3.8) is 0 Å². The number of ether oxygens (including phenoxy) is 2. The zero-order chi connectivity index (χ0) is 24.2. The van der Waals surface area contributed by atoms with Gasteiger partial charge in [0.05, 0.1) is 0 Å². The second-order valence-corrected chi connectivity index (χ2v) is 8.51. The van der Waals surface area contributed by atoms with Gasteiger partial charge in [0, 0.05) is 22.6 Å². The number of thioether (sulfide) groups is 1. The number of anilines is 1. The van der Waals surface area contributed by atoms with E-state index in [1.54, 1.807) is 42.5 Å². The summed E-state index contributed by atoms with van der Waals surface area (Å²) >= 11 is 1.27. The molecule has 35 heavy (non-hydrogen) atoms. The third-order valence-electron chi connectivity index (χ3n) is 5.19. The summed E-state index contributed by atoms with van der Waals surface area (Å²) in [7, 11) is 0. The summed E-state index contributed by atoms with van der Waals surface area (Å²) in [5.41, 5.74) is 3.40. The van der Waals surface area contributed by atoms with Gasteiger partial charge in [0.15, 0.2) is 18.5 Å². The van der Waals surface area contributed by atoms with Gasteiger partial charge in [-0.2, -0.15) is 4.98 Å². The highest BCUT2D eigenvalue weighted by molar-refractivity contribution is 7.98. The molecule has 1 atom stereocenters. The monoisotopic (exact) mass is 490 g/mol. The highest BCUT2D eigenvalue weighted by Gasteiger charge is 2.26. The van der Waals surface area contributed by atoms with E-state index in [1.165, 1.54) is 17.8 Å². The van der Waals surface area contributed by atoms with Crippen molar-refractivity contribution in [1.29, 1.82) is 0 Å². The average molecular weight is 491 g/mol. The largest absolute Gasteiger partial charge is 0.482 e. The van der Waals surface area contributed by atoms with Crippen LogP contribution in [0.1, 0.15) is 17.4 Å². The Morgan fingerprint density at radius 3 is 2.63 bits per heavy atom. The van der Waals surface area contributed by atoms with E-state index in [0.717, 1.165) is 16.8 Å². The molecular weight excluding hydrogens is 471 g/mol. The van der Waals surface area contributed by atoms with Gasteiger partial charge in [-0.3, -0.25) is 0 Å². The molecule has 0 saturated carbocycles. The number of aliphatic carboxylic acids is 1. The molecule has 0 bridgehead atoms. The van der Waals surface area contributed by atoms with Gasteiger partial charge in [-0.1, -0.05) is 48.2 Å². The van der Waals surface area contributed by atoms with Crippen molar-refractivity contribution in [3.05, 3.63) is 89.7 Å². The zero-order valence-electron chi connectivity index (χ0n) is 18.2. The summed E-state index contributed by atoms with van der Waals surface area (Å²) < 4.78 is 25.4. The van der Waals surface area contributed by atoms with Crippen molar-refractivity contribution >= 4 is 23.4 Å². The zero-order valence-corrected chi connectivity index (χ0v) is 19.0. The molecule has 1 aliphatic heterocycles. The molecule has 10 heteroatoms. The quantitative estimate of drug-likeness (QED) is 0.349. The number of rotatable bonds is 7.